The zero-order chi connectivity index (χ0) is 11.0. The van der Waals surface area contributed by atoms with Crippen molar-refractivity contribution in [2.75, 3.05) is 0 Å². The first-order valence-electron chi connectivity index (χ1n) is 4.01. The van der Waals surface area contributed by atoms with E-state index in [0.717, 1.165) is 0 Å². The third kappa shape index (κ3) is 1.63. The summed E-state index contributed by atoms with van der Waals surface area (Å²) in [5.41, 5.74) is -0.114. The summed E-state index contributed by atoms with van der Waals surface area (Å²) in [6.07, 6.45) is 0. The molecule has 1 aromatic heterocycles. The van der Waals surface area contributed by atoms with E-state index in [2.05, 4.69) is 25.9 Å². The number of carbonyl (C=O) groups is 1. The molecule has 0 fully saturated rings. The predicted octanol–water partition coefficient (Wildman–Crippen LogP) is 1.38. The van der Waals surface area contributed by atoms with Crippen molar-refractivity contribution < 1.29 is 9.90 Å². The Kier molecular flexibility index (Phi) is 2.28. The van der Waals surface area contributed by atoms with Crippen molar-refractivity contribution in [1.29, 1.82) is 0 Å². The second kappa shape index (κ2) is 3.47. The van der Waals surface area contributed by atoms with Crippen molar-refractivity contribution in [3.8, 4) is 0 Å². The van der Waals surface area contributed by atoms with E-state index in [4.69, 9.17) is 5.11 Å². The number of carboxylic acid groups (broad SMARTS) is 1. The SMILES string of the molecule is O=C(O)c1nc2c(Br)cccc2c(=O)[nH]1. The smallest absolute Gasteiger partial charge is 0.372 e. The number of nitrogens with zero attached hydrogens (tertiary/aromatic N) is 1. The highest BCUT2D eigenvalue weighted by Gasteiger charge is 2.10. The van der Waals surface area contributed by atoms with Crippen LogP contribution in [0.2, 0.25) is 0 Å². The van der Waals surface area contributed by atoms with Crippen LogP contribution in [0.25, 0.3) is 10.9 Å². The van der Waals surface area contributed by atoms with Gasteiger partial charge in [-0.15, -0.1) is 0 Å². The Bertz CT molecular complexity index is 606. The number of hydrogen-bond donors (Lipinski definition) is 2. The summed E-state index contributed by atoms with van der Waals surface area (Å²) < 4.78 is 0.591. The Morgan fingerprint density at radius 3 is 2.87 bits per heavy atom. The second-order valence-electron chi connectivity index (χ2n) is 2.86. The molecule has 0 bridgehead atoms. The van der Waals surface area contributed by atoms with Crippen molar-refractivity contribution in [2.45, 2.75) is 0 Å². The highest BCUT2D eigenvalue weighted by molar-refractivity contribution is 9.10. The molecular formula is C9H5BrN2O3. The molecule has 0 amide bonds. The van der Waals surface area contributed by atoms with E-state index in [-0.39, 0.29) is 5.82 Å². The van der Waals surface area contributed by atoms with Gasteiger partial charge in [0.25, 0.3) is 5.56 Å². The Morgan fingerprint density at radius 1 is 1.47 bits per heavy atom. The third-order valence-corrected chi connectivity index (χ3v) is 2.53. The summed E-state index contributed by atoms with van der Waals surface area (Å²) in [5.74, 6) is -1.62. The van der Waals surface area contributed by atoms with E-state index in [1.165, 1.54) is 0 Å². The minimum atomic E-state index is -1.26. The van der Waals surface area contributed by atoms with Crippen molar-refractivity contribution in [3.63, 3.8) is 0 Å². The Labute approximate surface area is 91.9 Å². The number of aromatic amines is 1. The first-order valence-corrected chi connectivity index (χ1v) is 4.81. The van der Waals surface area contributed by atoms with Gasteiger partial charge in [0.1, 0.15) is 0 Å². The molecule has 5 nitrogen and oxygen atoms in total. The summed E-state index contributed by atoms with van der Waals surface area (Å²) >= 11 is 3.21. The number of para-hydroxylation sites is 1. The van der Waals surface area contributed by atoms with Crippen LogP contribution in [0.5, 0.6) is 0 Å². The number of nitrogens with one attached hydrogen (secondary N) is 1. The number of fused-ring (bicyclic) bond motifs is 1. The molecule has 0 spiro atoms. The molecule has 0 saturated carbocycles. The molecule has 2 rings (SSSR count). The number of rotatable bonds is 1. The van der Waals surface area contributed by atoms with Crippen LogP contribution in [-0.4, -0.2) is 21.0 Å². The molecule has 6 heteroatoms. The van der Waals surface area contributed by atoms with Gasteiger partial charge in [0.15, 0.2) is 0 Å². The number of aromatic carboxylic acids is 1. The maximum atomic E-state index is 11.5. The number of halogens is 1. The lowest BCUT2D eigenvalue weighted by atomic mass is 10.2. The molecule has 0 saturated heterocycles. The molecule has 1 aromatic carbocycles. The molecule has 15 heavy (non-hydrogen) atoms. The average Bonchev–Trinajstić information content (AvgIpc) is 2.19. The number of carboxylic acids is 1. The summed E-state index contributed by atoms with van der Waals surface area (Å²) in [4.78, 5) is 28.2. The molecule has 0 atom stereocenters. The summed E-state index contributed by atoms with van der Waals surface area (Å²) in [5, 5.41) is 9.07. The van der Waals surface area contributed by atoms with Gasteiger partial charge >= 0.3 is 5.97 Å². The van der Waals surface area contributed by atoms with Crippen LogP contribution in [0.3, 0.4) is 0 Å². The molecule has 1 heterocycles. The number of benzene rings is 1. The van der Waals surface area contributed by atoms with Crippen molar-refractivity contribution in [2.24, 2.45) is 0 Å². The zero-order valence-corrected chi connectivity index (χ0v) is 8.91. The van der Waals surface area contributed by atoms with Gasteiger partial charge in [-0.05, 0) is 28.1 Å². The first kappa shape index (κ1) is 9.85. The maximum absolute atomic E-state index is 11.5. The van der Waals surface area contributed by atoms with E-state index < -0.39 is 11.5 Å². The van der Waals surface area contributed by atoms with E-state index in [1.807, 2.05) is 0 Å². The van der Waals surface area contributed by atoms with Crippen LogP contribution in [0.1, 0.15) is 10.6 Å². The van der Waals surface area contributed by atoms with Gasteiger partial charge in [-0.1, -0.05) is 6.07 Å². The minimum absolute atomic E-state index is 0.346. The van der Waals surface area contributed by atoms with Gasteiger partial charge in [-0.2, -0.15) is 0 Å². The lowest BCUT2D eigenvalue weighted by Crippen LogP contribution is -2.15. The number of H-pyrrole nitrogens is 1. The lowest BCUT2D eigenvalue weighted by molar-refractivity contribution is 0.0683. The minimum Gasteiger partial charge on any atom is -0.475 e. The summed E-state index contributed by atoms with van der Waals surface area (Å²) in [6.45, 7) is 0. The molecule has 2 N–H and O–H groups in total. The monoisotopic (exact) mass is 268 g/mol. The van der Waals surface area contributed by atoms with Gasteiger partial charge in [-0.25, -0.2) is 9.78 Å². The first-order chi connectivity index (χ1) is 7.09. The van der Waals surface area contributed by atoms with Crippen molar-refractivity contribution >= 4 is 32.8 Å². The molecule has 0 radical (unpaired) electrons. The molecule has 0 aliphatic heterocycles. The fourth-order valence-electron chi connectivity index (χ4n) is 1.23. The summed E-state index contributed by atoms with van der Waals surface area (Å²) in [6, 6.07) is 4.96. The van der Waals surface area contributed by atoms with Crippen LogP contribution >= 0.6 is 15.9 Å². The van der Waals surface area contributed by atoms with Crippen LogP contribution in [0, 0.1) is 0 Å². The van der Waals surface area contributed by atoms with Crippen LogP contribution < -0.4 is 5.56 Å². The fraction of sp³-hybridized carbons (Fsp3) is 0. The Balaban J connectivity index is 2.92. The molecule has 0 aliphatic carbocycles. The van der Waals surface area contributed by atoms with E-state index >= 15 is 0 Å². The number of aromatic nitrogens is 2. The van der Waals surface area contributed by atoms with Crippen LogP contribution in [0.4, 0.5) is 0 Å². The lowest BCUT2D eigenvalue weighted by Gasteiger charge is -2.00. The second-order valence-corrected chi connectivity index (χ2v) is 3.71. The van der Waals surface area contributed by atoms with E-state index in [1.54, 1.807) is 18.2 Å². The summed E-state index contributed by atoms with van der Waals surface area (Å²) in [7, 11) is 0. The van der Waals surface area contributed by atoms with Gasteiger partial charge in [0, 0.05) is 4.47 Å². The highest BCUT2D eigenvalue weighted by atomic mass is 79.9. The topological polar surface area (TPSA) is 83.0 Å². The standard InChI is InChI=1S/C9H5BrN2O3/c10-5-3-1-2-4-6(5)11-7(9(14)15)12-8(4)13/h1-3H,(H,14,15)(H,11,12,13). The molecule has 0 aliphatic rings. The van der Waals surface area contributed by atoms with E-state index in [0.29, 0.717) is 15.4 Å². The van der Waals surface area contributed by atoms with Crippen LogP contribution in [-0.2, 0) is 0 Å². The molecule has 2 aromatic rings. The quantitative estimate of drug-likeness (QED) is 0.819. The number of hydrogen-bond acceptors (Lipinski definition) is 3. The van der Waals surface area contributed by atoms with Crippen LogP contribution in [0.15, 0.2) is 27.5 Å². The normalized spacial score (nSPS) is 10.5. The van der Waals surface area contributed by atoms with Gasteiger partial charge in [0.05, 0.1) is 10.9 Å². The van der Waals surface area contributed by atoms with Gasteiger partial charge in [-0.3, -0.25) is 4.79 Å². The van der Waals surface area contributed by atoms with E-state index in [9.17, 15) is 9.59 Å². The largest absolute Gasteiger partial charge is 0.475 e. The van der Waals surface area contributed by atoms with Crippen molar-refractivity contribution in [1.82, 2.24) is 9.97 Å². The Hall–Kier alpha value is -1.69. The molecule has 0 unspecified atom stereocenters. The highest BCUT2D eigenvalue weighted by Crippen LogP contribution is 2.18. The zero-order valence-electron chi connectivity index (χ0n) is 7.32. The van der Waals surface area contributed by atoms with Gasteiger partial charge in [0.2, 0.25) is 5.82 Å². The predicted molar refractivity (Wildman–Crippen MR) is 57.0 cm³/mol. The average molecular weight is 269 g/mol. The fourth-order valence-corrected chi connectivity index (χ4v) is 1.68. The van der Waals surface area contributed by atoms with Crippen molar-refractivity contribution in [3.05, 3.63) is 38.9 Å². The molecule has 76 valence electrons. The molecular weight excluding hydrogens is 264 g/mol. The van der Waals surface area contributed by atoms with Gasteiger partial charge < -0.3 is 10.1 Å². The third-order valence-electron chi connectivity index (χ3n) is 1.89. The Morgan fingerprint density at radius 2 is 2.20 bits per heavy atom. The maximum Gasteiger partial charge on any atom is 0.372 e.